The van der Waals surface area contributed by atoms with Crippen LogP contribution in [0.5, 0.6) is 0 Å². The van der Waals surface area contributed by atoms with Gasteiger partial charge in [-0.2, -0.15) is 5.10 Å². The van der Waals surface area contributed by atoms with Gasteiger partial charge in [0.05, 0.1) is 5.69 Å². The fourth-order valence-corrected chi connectivity index (χ4v) is 2.09. The Morgan fingerprint density at radius 1 is 1.15 bits per heavy atom. The van der Waals surface area contributed by atoms with Crippen LogP contribution in [-0.4, -0.2) is 15.2 Å². The normalized spacial score (nSPS) is 10.4. The number of benzene rings is 1. The first kappa shape index (κ1) is 12.4. The fraction of sp³-hybridized carbons (Fsp3) is 0.125. The zero-order chi connectivity index (χ0) is 13.8. The van der Waals surface area contributed by atoms with E-state index in [0.717, 1.165) is 23.5 Å². The number of aromatic amines is 1. The minimum absolute atomic E-state index is 0.770. The SMILES string of the molecule is Cc1ccncc1CNc1cccc(-c2ccn[nH]2)c1. The van der Waals surface area contributed by atoms with Crippen LogP contribution in [0.2, 0.25) is 0 Å². The number of anilines is 1. The van der Waals surface area contributed by atoms with E-state index in [9.17, 15) is 0 Å². The molecule has 100 valence electrons. The summed E-state index contributed by atoms with van der Waals surface area (Å²) in [5.41, 5.74) is 5.68. The predicted octanol–water partition coefficient (Wildman–Crippen LogP) is 3.39. The van der Waals surface area contributed by atoms with Gasteiger partial charge in [0, 0.05) is 36.4 Å². The van der Waals surface area contributed by atoms with Gasteiger partial charge in [-0.25, -0.2) is 0 Å². The zero-order valence-electron chi connectivity index (χ0n) is 11.3. The quantitative estimate of drug-likeness (QED) is 0.759. The Balaban J connectivity index is 1.75. The van der Waals surface area contributed by atoms with E-state index in [-0.39, 0.29) is 0 Å². The molecule has 0 aliphatic heterocycles. The molecule has 0 unspecified atom stereocenters. The van der Waals surface area contributed by atoms with Gasteiger partial charge in [-0.1, -0.05) is 12.1 Å². The Hall–Kier alpha value is -2.62. The van der Waals surface area contributed by atoms with E-state index in [0.29, 0.717) is 0 Å². The maximum Gasteiger partial charge on any atom is 0.0650 e. The highest BCUT2D eigenvalue weighted by atomic mass is 15.1. The number of nitrogens with one attached hydrogen (secondary N) is 2. The number of aryl methyl sites for hydroxylation is 1. The first-order chi connectivity index (χ1) is 9.83. The van der Waals surface area contributed by atoms with Crippen molar-refractivity contribution in [2.45, 2.75) is 13.5 Å². The van der Waals surface area contributed by atoms with Gasteiger partial charge in [-0.3, -0.25) is 10.1 Å². The Labute approximate surface area is 117 Å². The van der Waals surface area contributed by atoms with Crippen LogP contribution in [0.3, 0.4) is 0 Å². The van der Waals surface area contributed by atoms with Gasteiger partial charge in [0.2, 0.25) is 0 Å². The summed E-state index contributed by atoms with van der Waals surface area (Å²) >= 11 is 0. The molecule has 0 aliphatic carbocycles. The summed E-state index contributed by atoms with van der Waals surface area (Å²) in [6.45, 7) is 2.87. The molecule has 1 aromatic carbocycles. The third-order valence-electron chi connectivity index (χ3n) is 3.30. The van der Waals surface area contributed by atoms with Gasteiger partial charge >= 0.3 is 0 Å². The topological polar surface area (TPSA) is 53.6 Å². The lowest BCUT2D eigenvalue weighted by molar-refractivity contribution is 1.08. The van der Waals surface area contributed by atoms with Crippen molar-refractivity contribution in [1.29, 1.82) is 0 Å². The average molecular weight is 264 g/mol. The highest BCUT2D eigenvalue weighted by Crippen LogP contribution is 2.20. The molecule has 0 saturated carbocycles. The molecule has 4 nitrogen and oxygen atoms in total. The molecule has 4 heteroatoms. The number of pyridine rings is 1. The van der Waals surface area contributed by atoms with Crippen LogP contribution in [0, 0.1) is 6.92 Å². The van der Waals surface area contributed by atoms with E-state index in [4.69, 9.17) is 0 Å². The van der Waals surface area contributed by atoms with Crippen molar-refractivity contribution in [2.24, 2.45) is 0 Å². The molecule has 0 aliphatic rings. The van der Waals surface area contributed by atoms with Gasteiger partial charge in [-0.15, -0.1) is 0 Å². The summed E-state index contributed by atoms with van der Waals surface area (Å²) in [5.74, 6) is 0. The standard InChI is InChI=1S/C16H16N4/c1-12-5-7-17-10-14(12)11-18-15-4-2-3-13(9-15)16-6-8-19-20-16/h2-10,18H,11H2,1H3,(H,19,20). The van der Waals surface area contributed by atoms with E-state index in [1.807, 2.05) is 30.6 Å². The van der Waals surface area contributed by atoms with Crippen LogP contribution >= 0.6 is 0 Å². The molecule has 0 fully saturated rings. The lowest BCUT2D eigenvalue weighted by atomic mass is 10.1. The van der Waals surface area contributed by atoms with Gasteiger partial charge in [0.25, 0.3) is 0 Å². The van der Waals surface area contributed by atoms with E-state index in [2.05, 4.69) is 45.6 Å². The first-order valence-electron chi connectivity index (χ1n) is 6.56. The monoisotopic (exact) mass is 264 g/mol. The summed E-state index contributed by atoms with van der Waals surface area (Å²) in [5, 5.41) is 10.4. The molecule has 0 atom stereocenters. The number of aromatic nitrogens is 3. The second-order valence-electron chi connectivity index (χ2n) is 4.71. The van der Waals surface area contributed by atoms with Gasteiger partial charge < -0.3 is 5.32 Å². The maximum atomic E-state index is 4.16. The minimum atomic E-state index is 0.770. The molecule has 20 heavy (non-hydrogen) atoms. The molecular formula is C16H16N4. The van der Waals surface area contributed by atoms with Gasteiger partial charge in [0.1, 0.15) is 0 Å². The molecule has 0 radical (unpaired) electrons. The van der Waals surface area contributed by atoms with Gasteiger partial charge in [-0.05, 0) is 42.3 Å². The summed E-state index contributed by atoms with van der Waals surface area (Å²) in [6, 6.07) is 12.3. The van der Waals surface area contributed by atoms with Crippen molar-refractivity contribution < 1.29 is 0 Å². The van der Waals surface area contributed by atoms with Crippen molar-refractivity contribution in [1.82, 2.24) is 15.2 Å². The number of nitrogens with zero attached hydrogens (tertiary/aromatic N) is 2. The maximum absolute atomic E-state index is 4.16. The van der Waals surface area contributed by atoms with Crippen LogP contribution in [0.15, 0.2) is 55.0 Å². The highest BCUT2D eigenvalue weighted by molar-refractivity contribution is 5.64. The minimum Gasteiger partial charge on any atom is -0.381 e. The lowest BCUT2D eigenvalue weighted by Gasteiger charge is -2.09. The fourth-order valence-electron chi connectivity index (χ4n) is 2.09. The molecule has 0 saturated heterocycles. The Morgan fingerprint density at radius 2 is 2.10 bits per heavy atom. The van der Waals surface area contributed by atoms with E-state index < -0.39 is 0 Å². The molecule has 0 bridgehead atoms. The van der Waals surface area contributed by atoms with Crippen molar-refractivity contribution in [3.63, 3.8) is 0 Å². The molecule has 3 rings (SSSR count). The number of hydrogen-bond donors (Lipinski definition) is 2. The smallest absolute Gasteiger partial charge is 0.0650 e. The summed E-state index contributed by atoms with van der Waals surface area (Å²) < 4.78 is 0. The van der Waals surface area contributed by atoms with Crippen LogP contribution in [-0.2, 0) is 6.54 Å². The molecule has 0 spiro atoms. The van der Waals surface area contributed by atoms with E-state index >= 15 is 0 Å². The van der Waals surface area contributed by atoms with Crippen molar-refractivity contribution in [2.75, 3.05) is 5.32 Å². The number of H-pyrrole nitrogens is 1. The van der Waals surface area contributed by atoms with Crippen molar-refractivity contribution in [3.8, 4) is 11.3 Å². The average Bonchev–Trinajstić information content (AvgIpc) is 3.01. The van der Waals surface area contributed by atoms with Crippen molar-refractivity contribution >= 4 is 5.69 Å². The molecule has 2 aromatic heterocycles. The Kier molecular flexibility index (Phi) is 3.46. The number of hydrogen-bond acceptors (Lipinski definition) is 3. The van der Waals surface area contributed by atoms with Crippen LogP contribution < -0.4 is 5.32 Å². The van der Waals surface area contributed by atoms with Crippen LogP contribution in [0.4, 0.5) is 5.69 Å². The second-order valence-corrected chi connectivity index (χ2v) is 4.71. The number of rotatable bonds is 4. The predicted molar refractivity (Wildman–Crippen MR) is 80.3 cm³/mol. The highest BCUT2D eigenvalue weighted by Gasteiger charge is 2.01. The summed E-state index contributed by atoms with van der Waals surface area (Å²) in [7, 11) is 0. The zero-order valence-corrected chi connectivity index (χ0v) is 11.3. The largest absolute Gasteiger partial charge is 0.381 e. The third kappa shape index (κ3) is 2.69. The molecule has 2 heterocycles. The van der Waals surface area contributed by atoms with E-state index in [1.54, 1.807) is 6.20 Å². The van der Waals surface area contributed by atoms with Crippen LogP contribution in [0.25, 0.3) is 11.3 Å². The van der Waals surface area contributed by atoms with Crippen LogP contribution in [0.1, 0.15) is 11.1 Å². The summed E-state index contributed by atoms with van der Waals surface area (Å²) in [4.78, 5) is 4.16. The van der Waals surface area contributed by atoms with E-state index in [1.165, 1.54) is 11.1 Å². The Bertz CT molecular complexity index is 689. The molecule has 0 amide bonds. The lowest BCUT2D eigenvalue weighted by Crippen LogP contribution is -2.01. The van der Waals surface area contributed by atoms with Gasteiger partial charge in [0.15, 0.2) is 0 Å². The second kappa shape index (κ2) is 5.57. The Morgan fingerprint density at radius 3 is 2.90 bits per heavy atom. The van der Waals surface area contributed by atoms with Crippen molar-refractivity contribution in [3.05, 3.63) is 66.1 Å². The summed E-state index contributed by atoms with van der Waals surface area (Å²) in [6.07, 6.45) is 5.48. The molecule has 2 N–H and O–H groups in total. The molecule has 3 aromatic rings. The first-order valence-corrected chi connectivity index (χ1v) is 6.56. The molecular weight excluding hydrogens is 248 g/mol. The third-order valence-corrected chi connectivity index (χ3v) is 3.30.